The lowest BCUT2D eigenvalue weighted by Crippen LogP contribution is -2.42. The Morgan fingerprint density at radius 3 is 2.95 bits per heavy atom. The first kappa shape index (κ1) is 14.2. The molecule has 0 radical (unpaired) electrons. The summed E-state index contributed by atoms with van der Waals surface area (Å²) in [7, 11) is 0. The predicted octanol–water partition coefficient (Wildman–Crippen LogP) is 1.22. The van der Waals surface area contributed by atoms with Crippen LogP contribution in [0.4, 0.5) is 0 Å². The molecule has 0 saturated heterocycles. The summed E-state index contributed by atoms with van der Waals surface area (Å²) in [4.78, 5) is 14.1. The minimum atomic E-state index is -0.138. The molecule has 0 bridgehead atoms. The summed E-state index contributed by atoms with van der Waals surface area (Å²) in [6.07, 6.45) is 0.818. The smallest absolute Gasteiger partial charge is 0.254 e. The fourth-order valence-corrected chi connectivity index (χ4v) is 2.18. The molecule has 3 N–H and O–H groups in total. The molecule has 2 rings (SSSR count). The number of amidine groups is 1. The maximum Gasteiger partial charge on any atom is 0.254 e. The van der Waals surface area contributed by atoms with Crippen molar-refractivity contribution in [2.24, 2.45) is 10.9 Å². The normalized spacial score (nSPS) is 14.1. The van der Waals surface area contributed by atoms with Gasteiger partial charge in [0.2, 0.25) is 0 Å². The molecule has 1 aromatic rings. The Hall–Kier alpha value is -2.24. The van der Waals surface area contributed by atoms with Crippen molar-refractivity contribution in [2.45, 2.75) is 26.3 Å². The average Bonchev–Trinajstić information content (AvgIpc) is 2.90. The second kappa shape index (κ2) is 5.81. The minimum Gasteiger partial charge on any atom is -0.493 e. The van der Waals surface area contributed by atoms with Gasteiger partial charge in [0.25, 0.3) is 5.91 Å². The van der Waals surface area contributed by atoms with E-state index in [2.05, 4.69) is 5.16 Å². The first-order valence-electron chi connectivity index (χ1n) is 6.56. The standard InChI is InChI=1S/C14H19N3O3/c1-9(2)17(8-13(15)16-19)14(18)11-3-4-12-10(7-11)5-6-20-12/h3-4,7,9,19H,5-6,8H2,1-2H3,(H2,15,16). The Kier molecular flexibility index (Phi) is 4.12. The summed E-state index contributed by atoms with van der Waals surface area (Å²) in [6, 6.07) is 5.37. The number of nitrogens with zero attached hydrogens (tertiary/aromatic N) is 2. The van der Waals surface area contributed by atoms with Crippen molar-refractivity contribution in [3.8, 4) is 5.75 Å². The number of carbonyl (C=O) groups excluding carboxylic acids is 1. The zero-order valence-electron chi connectivity index (χ0n) is 11.7. The molecule has 0 fully saturated rings. The summed E-state index contributed by atoms with van der Waals surface area (Å²) >= 11 is 0. The summed E-state index contributed by atoms with van der Waals surface area (Å²) in [6.45, 7) is 4.53. The molecule has 1 aliphatic rings. The van der Waals surface area contributed by atoms with Gasteiger partial charge in [-0.2, -0.15) is 0 Å². The van der Waals surface area contributed by atoms with Gasteiger partial charge in [-0.3, -0.25) is 4.79 Å². The molecular formula is C14H19N3O3. The fraction of sp³-hybridized carbons (Fsp3) is 0.429. The van der Waals surface area contributed by atoms with E-state index in [9.17, 15) is 4.79 Å². The van der Waals surface area contributed by atoms with Crippen LogP contribution < -0.4 is 10.5 Å². The Balaban J connectivity index is 2.23. The highest BCUT2D eigenvalue weighted by Gasteiger charge is 2.22. The number of carbonyl (C=O) groups is 1. The predicted molar refractivity (Wildman–Crippen MR) is 75.2 cm³/mol. The highest BCUT2D eigenvalue weighted by Crippen LogP contribution is 2.26. The highest BCUT2D eigenvalue weighted by molar-refractivity contribution is 5.97. The van der Waals surface area contributed by atoms with Crippen molar-refractivity contribution in [2.75, 3.05) is 13.2 Å². The van der Waals surface area contributed by atoms with Gasteiger partial charge in [0.1, 0.15) is 5.75 Å². The van der Waals surface area contributed by atoms with E-state index in [4.69, 9.17) is 15.7 Å². The van der Waals surface area contributed by atoms with E-state index >= 15 is 0 Å². The van der Waals surface area contributed by atoms with Crippen molar-refractivity contribution in [1.29, 1.82) is 0 Å². The molecule has 0 unspecified atom stereocenters. The average molecular weight is 277 g/mol. The van der Waals surface area contributed by atoms with Gasteiger partial charge in [0, 0.05) is 18.0 Å². The number of hydrogen-bond acceptors (Lipinski definition) is 4. The topological polar surface area (TPSA) is 88.1 Å². The third kappa shape index (κ3) is 2.84. The van der Waals surface area contributed by atoms with Crippen molar-refractivity contribution >= 4 is 11.7 Å². The molecule has 1 amide bonds. The Morgan fingerprint density at radius 2 is 2.30 bits per heavy atom. The van der Waals surface area contributed by atoms with E-state index in [-0.39, 0.29) is 24.3 Å². The molecule has 0 aromatic heterocycles. The summed E-state index contributed by atoms with van der Waals surface area (Å²) in [5.74, 6) is 0.715. The largest absolute Gasteiger partial charge is 0.493 e. The Bertz CT molecular complexity index is 540. The molecular weight excluding hydrogens is 258 g/mol. The molecule has 108 valence electrons. The van der Waals surface area contributed by atoms with Crippen LogP contribution in [0.2, 0.25) is 0 Å². The van der Waals surface area contributed by atoms with Crippen LogP contribution in [0.3, 0.4) is 0 Å². The molecule has 6 nitrogen and oxygen atoms in total. The lowest BCUT2D eigenvalue weighted by Gasteiger charge is -2.26. The van der Waals surface area contributed by atoms with Gasteiger partial charge >= 0.3 is 0 Å². The zero-order valence-corrected chi connectivity index (χ0v) is 11.7. The number of rotatable bonds is 4. The third-order valence-electron chi connectivity index (χ3n) is 3.28. The summed E-state index contributed by atoms with van der Waals surface area (Å²) in [5.41, 5.74) is 7.14. The molecule has 1 heterocycles. The third-order valence-corrected chi connectivity index (χ3v) is 3.28. The van der Waals surface area contributed by atoms with Crippen LogP contribution in [-0.2, 0) is 6.42 Å². The number of amides is 1. The molecule has 0 spiro atoms. The van der Waals surface area contributed by atoms with E-state index in [1.54, 1.807) is 11.0 Å². The number of fused-ring (bicyclic) bond motifs is 1. The fourth-order valence-electron chi connectivity index (χ4n) is 2.18. The summed E-state index contributed by atoms with van der Waals surface area (Å²) in [5, 5.41) is 11.6. The van der Waals surface area contributed by atoms with Crippen LogP contribution in [0.25, 0.3) is 0 Å². The molecule has 0 saturated carbocycles. The lowest BCUT2D eigenvalue weighted by atomic mass is 10.1. The van der Waals surface area contributed by atoms with Crippen LogP contribution in [0.5, 0.6) is 5.75 Å². The number of oxime groups is 1. The number of hydrogen-bond donors (Lipinski definition) is 2. The van der Waals surface area contributed by atoms with Crippen molar-refractivity contribution in [1.82, 2.24) is 4.90 Å². The molecule has 1 aromatic carbocycles. The Labute approximate surface area is 117 Å². The van der Waals surface area contributed by atoms with Gasteiger partial charge < -0.3 is 20.6 Å². The van der Waals surface area contributed by atoms with E-state index in [1.807, 2.05) is 26.0 Å². The maximum atomic E-state index is 12.5. The first-order chi connectivity index (χ1) is 9.52. The van der Waals surface area contributed by atoms with Crippen molar-refractivity contribution < 1.29 is 14.7 Å². The van der Waals surface area contributed by atoms with Gasteiger partial charge in [-0.1, -0.05) is 5.16 Å². The van der Waals surface area contributed by atoms with E-state index < -0.39 is 0 Å². The second-order valence-corrected chi connectivity index (χ2v) is 5.04. The summed E-state index contributed by atoms with van der Waals surface area (Å²) < 4.78 is 5.43. The van der Waals surface area contributed by atoms with Gasteiger partial charge in [0.15, 0.2) is 5.84 Å². The number of ether oxygens (including phenoxy) is 1. The SMILES string of the molecule is CC(C)N(CC(N)=NO)C(=O)c1ccc2c(c1)CCO2. The maximum absolute atomic E-state index is 12.5. The van der Waals surface area contributed by atoms with E-state index in [0.29, 0.717) is 12.2 Å². The van der Waals surface area contributed by atoms with Crippen LogP contribution in [-0.4, -0.2) is 41.0 Å². The quantitative estimate of drug-likeness (QED) is 0.375. The molecule has 20 heavy (non-hydrogen) atoms. The monoisotopic (exact) mass is 277 g/mol. The molecule has 1 aliphatic heterocycles. The number of benzene rings is 1. The minimum absolute atomic E-state index is 0.0107. The van der Waals surface area contributed by atoms with Gasteiger partial charge in [-0.25, -0.2) is 0 Å². The van der Waals surface area contributed by atoms with Crippen molar-refractivity contribution in [3.63, 3.8) is 0 Å². The molecule has 0 atom stereocenters. The van der Waals surface area contributed by atoms with E-state index in [1.165, 1.54) is 0 Å². The number of nitrogens with two attached hydrogens (primary N) is 1. The lowest BCUT2D eigenvalue weighted by molar-refractivity contribution is 0.0734. The van der Waals surface area contributed by atoms with Crippen LogP contribution in [0, 0.1) is 0 Å². The van der Waals surface area contributed by atoms with Crippen LogP contribution in [0.1, 0.15) is 29.8 Å². The molecule has 6 heteroatoms. The van der Waals surface area contributed by atoms with E-state index in [0.717, 1.165) is 17.7 Å². The Morgan fingerprint density at radius 1 is 1.55 bits per heavy atom. The van der Waals surface area contributed by atoms with Gasteiger partial charge in [0.05, 0.1) is 13.2 Å². The van der Waals surface area contributed by atoms with Crippen LogP contribution >= 0.6 is 0 Å². The second-order valence-electron chi connectivity index (χ2n) is 5.04. The molecule has 0 aliphatic carbocycles. The first-order valence-corrected chi connectivity index (χ1v) is 6.56. The van der Waals surface area contributed by atoms with Gasteiger partial charge in [-0.05, 0) is 37.6 Å². The van der Waals surface area contributed by atoms with Gasteiger partial charge in [-0.15, -0.1) is 0 Å². The van der Waals surface area contributed by atoms with Crippen LogP contribution in [0.15, 0.2) is 23.4 Å². The zero-order chi connectivity index (χ0) is 14.7. The highest BCUT2D eigenvalue weighted by atomic mass is 16.5. The van der Waals surface area contributed by atoms with Crippen molar-refractivity contribution in [3.05, 3.63) is 29.3 Å².